The number of ketones is 1. The van der Waals surface area contributed by atoms with Gasteiger partial charge in [0.15, 0.2) is 11.7 Å². The van der Waals surface area contributed by atoms with Crippen LogP contribution in [0.15, 0.2) is 46.6 Å². The summed E-state index contributed by atoms with van der Waals surface area (Å²) >= 11 is 0. The molecule has 1 atom stereocenters. The summed E-state index contributed by atoms with van der Waals surface area (Å²) in [5.74, 6) is 0.176. The van der Waals surface area contributed by atoms with Crippen LogP contribution < -0.4 is 5.32 Å². The lowest BCUT2D eigenvalue weighted by Crippen LogP contribution is -2.24. The first-order chi connectivity index (χ1) is 9.63. The van der Waals surface area contributed by atoms with Crippen LogP contribution in [0.1, 0.15) is 32.6 Å². The van der Waals surface area contributed by atoms with Gasteiger partial charge in [0.1, 0.15) is 0 Å². The van der Waals surface area contributed by atoms with Crippen LogP contribution in [-0.4, -0.2) is 11.7 Å². The predicted molar refractivity (Wildman–Crippen MR) is 77.2 cm³/mol. The van der Waals surface area contributed by atoms with Gasteiger partial charge in [0.05, 0.1) is 12.2 Å². The summed E-state index contributed by atoms with van der Waals surface area (Å²) in [6, 6.07) is 3.42. The molecule has 4 heteroatoms. The maximum absolute atomic E-state index is 12.3. The fourth-order valence-corrected chi connectivity index (χ4v) is 2.57. The highest BCUT2D eigenvalue weighted by Crippen LogP contribution is 2.29. The molecule has 0 saturated carbocycles. The van der Waals surface area contributed by atoms with Crippen molar-refractivity contribution < 1.29 is 14.0 Å². The molecule has 1 aromatic heterocycles. The molecule has 1 unspecified atom stereocenters. The van der Waals surface area contributed by atoms with E-state index in [1.165, 1.54) is 6.26 Å². The number of allylic oxidation sites excluding steroid dienone is 2. The third-order valence-electron chi connectivity index (χ3n) is 3.66. The van der Waals surface area contributed by atoms with Gasteiger partial charge in [-0.25, -0.2) is 0 Å². The van der Waals surface area contributed by atoms with E-state index in [0.717, 1.165) is 17.6 Å². The van der Waals surface area contributed by atoms with E-state index in [1.54, 1.807) is 18.2 Å². The molecule has 1 heterocycles. The largest absolute Gasteiger partial charge is 0.449 e. The lowest BCUT2D eigenvalue weighted by Gasteiger charge is -2.16. The highest BCUT2D eigenvalue weighted by atomic mass is 16.3. The van der Waals surface area contributed by atoms with Crippen LogP contribution in [0, 0.1) is 5.92 Å². The summed E-state index contributed by atoms with van der Waals surface area (Å²) < 4.78 is 5.13. The molecule has 106 valence electrons. The number of carbonyl (C=O) groups is 2. The number of amides is 1. The summed E-state index contributed by atoms with van der Waals surface area (Å²) in [7, 11) is 0. The average Bonchev–Trinajstić information content (AvgIpc) is 2.88. The van der Waals surface area contributed by atoms with Gasteiger partial charge in [0.25, 0.3) is 0 Å². The topological polar surface area (TPSA) is 59.3 Å². The highest BCUT2D eigenvalue weighted by molar-refractivity contribution is 6.00. The van der Waals surface area contributed by atoms with Gasteiger partial charge in [-0.1, -0.05) is 11.6 Å². The van der Waals surface area contributed by atoms with Gasteiger partial charge in [0.2, 0.25) is 5.91 Å². The molecule has 0 bridgehead atoms. The molecule has 0 spiro atoms. The Morgan fingerprint density at radius 2 is 2.40 bits per heavy atom. The van der Waals surface area contributed by atoms with E-state index >= 15 is 0 Å². The summed E-state index contributed by atoms with van der Waals surface area (Å²) in [4.78, 5) is 24.4. The zero-order valence-electron chi connectivity index (χ0n) is 11.6. The van der Waals surface area contributed by atoms with Crippen molar-refractivity contribution in [2.24, 2.45) is 5.92 Å². The monoisotopic (exact) mass is 273 g/mol. The summed E-state index contributed by atoms with van der Waals surface area (Å²) in [5.41, 5.74) is 1.59. The van der Waals surface area contributed by atoms with E-state index in [0.29, 0.717) is 25.1 Å². The molecule has 0 aliphatic heterocycles. The van der Waals surface area contributed by atoms with E-state index in [4.69, 9.17) is 4.42 Å². The second-order valence-electron chi connectivity index (χ2n) is 4.99. The van der Waals surface area contributed by atoms with Crippen LogP contribution >= 0.6 is 0 Å². The molecule has 1 aromatic rings. The van der Waals surface area contributed by atoms with Crippen LogP contribution in [0.3, 0.4) is 0 Å². The molecule has 2 rings (SSSR count). The van der Waals surface area contributed by atoms with E-state index in [9.17, 15) is 9.59 Å². The van der Waals surface area contributed by atoms with Crippen molar-refractivity contribution in [3.05, 3.63) is 42.2 Å². The maximum Gasteiger partial charge on any atom is 0.233 e. The summed E-state index contributed by atoms with van der Waals surface area (Å²) in [6.45, 7) is 5.55. The Kier molecular flexibility index (Phi) is 4.56. The van der Waals surface area contributed by atoms with Gasteiger partial charge < -0.3 is 4.42 Å². The second-order valence-corrected chi connectivity index (χ2v) is 4.99. The minimum absolute atomic E-state index is 0.117. The van der Waals surface area contributed by atoms with Gasteiger partial charge in [-0.3, -0.25) is 14.9 Å². The Bertz CT molecular complexity index is 540. The Labute approximate surface area is 118 Å². The van der Waals surface area contributed by atoms with Crippen molar-refractivity contribution in [3.63, 3.8) is 0 Å². The van der Waals surface area contributed by atoms with Gasteiger partial charge in [-0.2, -0.15) is 0 Å². The molecular weight excluding hydrogens is 254 g/mol. The van der Waals surface area contributed by atoms with E-state index in [1.807, 2.05) is 6.92 Å². The second kappa shape index (κ2) is 6.37. The van der Waals surface area contributed by atoms with Gasteiger partial charge >= 0.3 is 0 Å². The number of carbonyl (C=O) groups excluding carboxylic acids is 2. The number of hydrogen-bond donors (Lipinski definition) is 1. The molecule has 0 aromatic carbocycles. The minimum atomic E-state index is -0.276. The first-order valence-electron chi connectivity index (χ1n) is 6.81. The van der Waals surface area contributed by atoms with Crippen LogP contribution in [-0.2, 0) is 9.59 Å². The first-order valence-corrected chi connectivity index (χ1v) is 6.81. The van der Waals surface area contributed by atoms with E-state index in [-0.39, 0.29) is 17.6 Å². The van der Waals surface area contributed by atoms with Crippen molar-refractivity contribution in [1.82, 2.24) is 0 Å². The molecule has 0 saturated heterocycles. The number of Topliss-reactive ketones (excluding diaryl/α,β-unsaturated/α-hetero) is 1. The normalized spacial score (nSPS) is 19.6. The Balaban J connectivity index is 2.22. The maximum atomic E-state index is 12.3. The molecular formula is C16H19NO3. The van der Waals surface area contributed by atoms with Gasteiger partial charge in [-0.05, 0) is 37.8 Å². The Morgan fingerprint density at radius 1 is 1.60 bits per heavy atom. The zero-order chi connectivity index (χ0) is 14.5. The number of anilines is 1. The number of hydrogen-bond acceptors (Lipinski definition) is 3. The predicted octanol–water partition coefficient (Wildman–Crippen LogP) is 3.48. The SMILES string of the molecule is C=CCC1=C(C)C(C(=O)Nc2ccco2)CCCC1=O. The lowest BCUT2D eigenvalue weighted by molar-refractivity contribution is -0.119. The van der Waals surface area contributed by atoms with Crippen LogP contribution in [0.25, 0.3) is 0 Å². The molecule has 1 N–H and O–H groups in total. The lowest BCUT2D eigenvalue weighted by atomic mass is 9.91. The smallest absolute Gasteiger partial charge is 0.233 e. The number of furan rings is 1. The quantitative estimate of drug-likeness (QED) is 0.854. The molecule has 1 aliphatic carbocycles. The Morgan fingerprint density at radius 3 is 3.05 bits per heavy atom. The molecule has 20 heavy (non-hydrogen) atoms. The van der Waals surface area contributed by atoms with Crippen LogP contribution in [0.5, 0.6) is 0 Å². The van der Waals surface area contributed by atoms with Gasteiger partial charge in [-0.15, -0.1) is 6.58 Å². The summed E-state index contributed by atoms with van der Waals surface area (Å²) in [5, 5.41) is 2.75. The summed E-state index contributed by atoms with van der Waals surface area (Å²) in [6.07, 6.45) is 5.67. The molecule has 0 radical (unpaired) electrons. The van der Waals surface area contributed by atoms with E-state index in [2.05, 4.69) is 11.9 Å². The Hall–Kier alpha value is -2.10. The fourth-order valence-electron chi connectivity index (χ4n) is 2.57. The van der Waals surface area contributed by atoms with Crippen molar-refractivity contribution >= 4 is 17.6 Å². The highest BCUT2D eigenvalue weighted by Gasteiger charge is 2.28. The molecule has 4 nitrogen and oxygen atoms in total. The van der Waals surface area contributed by atoms with Crippen molar-refractivity contribution in [2.45, 2.75) is 32.6 Å². The first kappa shape index (κ1) is 14.3. The third kappa shape index (κ3) is 3.07. The minimum Gasteiger partial charge on any atom is -0.449 e. The van der Waals surface area contributed by atoms with Crippen molar-refractivity contribution in [2.75, 3.05) is 5.32 Å². The fraction of sp³-hybridized carbons (Fsp3) is 0.375. The van der Waals surface area contributed by atoms with Crippen molar-refractivity contribution in [1.29, 1.82) is 0 Å². The molecule has 1 aliphatic rings. The average molecular weight is 273 g/mol. The number of rotatable bonds is 4. The third-order valence-corrected chi connectivity index (χ3v) is 3.66. The van der Waals surface area contributed by atoms with Crippen LogP contribution in [0.2, 0.25) is 0 Å². The number of nitrogens with one attached hydrogen (secondary N) is 1. The van der Waals surface area contributed by atoms with E-state index < -0.39 is 0 Å². The van der Waals surface area contributed by atoms with Gasteiger partial charge in [0, 0.05) is 12.5 Å². The zero-order valence-corrected chi connectivity index (χ0v) is 11.6. The van der Waals surface area contributed by atoms with Crippen LogP contribution in [0.4, 0.5) is 5.88 Å². The molecule has 1 amide bonds. The standard InChI is InChI=1S/C16H19NO3/c1-3-6-12-11(2)13(7-4-8-14(12)18)16(19)17-15-9-5-10-20-15/h3,5,9-10,13H,1,4,6-8H2,2H3,(H,17,19). The molecule has 0 fully saturated rings. The van der Waals surface area contributed by atoms with Crippen molar-refractivity contribution in [3.8, 4) is 0 Å².